The molecule has 0 aliphatic rings. The average molecular weight is 841 g/mol. The van der Waals surface area contributed by atoms with Gasteiger partial charge in [-0.3, -0.25) is 14.4 Å². The van der Waals surface area contributed by atoms with Gasteiger partial charge in [-0.05, 0) is 77.0 Å². The number of allylic oxidation sites excluding steroid dienone is 8. The Balaban J connectivity index is 4.32. The molecule has 0 aliphatic heterocycles. The molecule has 0 saturated heterocycles. The van der Waals surface area contributed by atoms with E-state index in [2.05, 4.69) is 69.4 Å². The lowest BCUT2D eigenvalue weighted by Gasteiger charge is -2.18. The van der Waals surface area contributed by atoms with Gasteiger partial charge in [0.05, 0.1) is 0 Å². The van der Waals surface area contributed by atoms with Crippen molar-refractivity contribution in [3.63, 3.8) is 0 Å². The Kier molecular flexibility index (Phi) is 46.9. The van der Waals surface area contributed by atoms with E-state index in [1.807, 2.05) is 0 Å². The van der Waals surface area contributed by atoms with Crippen LogP contribution in [-0.2, 0) is 28.6 Å². The Labute approximate surface area is 371 Å². The zero-order valence-corrected chi connectivity index (χ0v) is 39.7. The van der Waals surface area contributed by atoms with E-state index in [0.717, 1.165) is 83.5 Å². The van der Waals surface area contributed by atoms with E-state index in [-0.39, 0.29) is 31.1 Å². The van der Waals surface area contributed by atoms with E-state index in [4.69, 9.17) is 14.2 Å². The van der Waals surface area contributed by atoms with Crippen molar-refractivity contribution in [2.24, 2.45) is 0 Å². The molecular formula is C54H96O6. The highest BCUT2D eigenvalue weighted by Crippen LogP contribution is 2.15. The van der Waals surface area contributed by atoms with Crippen molar-refractivity contribution >= 4 is 17.9 Å². The second-order valence-corrected chi connectivity index (χ2v) is 17.1. The molecule has 0 aromatic carbocycles. The Morgan fingerprint density at radius 2 is 0.650 bits per heavy atom. The first-order valence-corrected chi connectivity index (χ1v) is 25.6. The van der Waals surface area contributed by atoms with E-state index in [9.17, 15) is 14.4 Å². The topological polar surface area (TPSA) is 78.9 Å². The molecule has 0 saturated carbocycles. The van der Waals surface area contributed by atoms with Crippen LogP contribution in [0, 0.1) is 0 Å². The van der Waals surface area contributed by atoms with Crippen LogP contribution < -0.4 is 0 Å². The zero-order chi connectivity index (χ0) is 43.7. The Hall–Kier alpha value is -2.63. The summed E-state index contributed by atoms with van der Waals surface area (Å²) in [5.41, 5.74) is 0. The van der Waals surface area contributed by atoms with Crippen molar-refractivity contribution < 1.29 is 28.6 Å². The third-order valence-electron chi connectivity index (χ3n) is 11.1. The maximum Gasteiger partial charge on any atom is 0.306 e. The summed E-state index contributed by atoms with van der Waals surface area (Å²) >= 11 is 0. The minimum atomic E-state index is -0.785. The first-order chi connectivity index (χ1) is 29.5. The van der Waals surface area contributed by atoms with Crippen LogP contribution in [0.1, 0.15) is 258 Å². The highest BCUT2D eigenvalue weighted by molar-refractivity contribution is 5.71. The van der Waals surface area contributed by atoms with Gasteiger partial charge in [-0.15, -0.1) is 0 Å². The van der Waals surface area contributed by atoms with Gasteiger partial charge in [0, 0.05) is 19.3 Å². The fourth-order valence-corrected chi connectivity index (χ4v) is 7.22. The largest absolute Gasteiger partial charge is 0.462 e. The number of rotatable bonds is 46. The Morgan fingerprint density at radius 3 is 1.07 bits per heavy atom. The number of unbranched alkanes of at least 4 members (excludes halogenated alkanes) is 27. The summed E-state index contributed by atoms with van der Waals surface area (Å²) in [7, 11) is 0. The number of carbonyl (C=O) groups excluding carboxylic acids is 3. The van der Waals surface area contributed by atoms with Gasteiger partial charge in [-0.2, -0.15) is 0 Å². The average Bonchev–Trinajstić information content (AvgIpc) is 3.24. The molecule has 0 radical (unpaired) electrons. The molecule has 1 atom stereocenters. The van der Waals surface area contributed by atoms with Crippen LogP contribution in [0.2, 0.25) is 0 Å². The van der Waals surface area contributed by atoms with E-state index in [1.165, 1.54) is 135 Å². The van der Waals surface area contributed by atoms with Crippen LogP contribution in [0.15, 0.2) is 48.6 Å². The van der Waals surface area contributed by atoms with Crippen LogP contribution in [0.3, 0.4) is 0 Å². The maximum absolute atomic E-state index is 12.8. The summed E-state index contributed by atoms with van der Waals surface area (Å²) in [5.74, 6) is -0.923. The van der Waals surface area contributed by atoms with Crippen molar-refractivity contribution in [1.82, 2.24) is 0 Å². The lowest BCUT2D eigenvalue weighted by Crippen LogP contribution is -2.30. The minimum Gasteiger partial charge on any atom is -0.462 e. The van der Waals surface area contributed by atoms with Gasteiger partial charge < -0.3 is 14.2 Å². The van der Waals surface area contributed by atoms with Crippen molar-refractivity contribution in [2.75, 3.05) is 13.2 Å². The van der Waals surface area contributed by atoms with Crippen molar-refractivity contribution in [3.8, 4) is 0 Å². The molecule has 0 heterocycles. The first kappa shape index (κ1) is 57.4. The molecule has 6 heteroatoms. The molecule has 1 unspecified atom stereocenters. The summed E-state index contributed by atoms with van der Waals surface area (Å²) in [6.45, 7) is 6.47. The van der Waals surface area contributed by atoms with Crippen molar-refractivity contribution in [3.05, 3.63) is 48.6 Å². The predicted molar refractivity (Wildman–Crippen MR) is 256 cm³/mol. The van der Waals surface area contributed by atoms with Crippen molar-refractivity contribution in [2.45, 2.75) is 264 Å². The van der Waals surface area contributed by atoms with Gasteiger partial charge >= 0.3 is 17.9 Å². The van der Waals surface area contributed by atoms with E-state index < -0.39 is 6.10 Å². The molecule has 348 valence electrons. The predicted octanol–water partition coefficient (Wildman–Crippen LogP) is 16.7. The smallest absolute Gasteiger partial charge is 0.306 e. The third kappa shape index (κ3) is 46.4. The molecule has 6 nitrogen and oxygen atoms in total. The third-order valence-corrected chi connectivity index (χ3v) is 11.1. The molecule has 60 heavy (non-hydrogen) atoms. The second-order valence-electron chi connectivity index (χ2n) is 17.1. The van der Waals surface area contributed by atoms with Gasteiger partial charge in [-0.1, -0.05) is 211 Å². The van der Waals surface area contributed by atoms with E-state index in [1.54, 1.807) is 0 Å². The van der Waals surface area contributed by atoms with Crippen molar-refractivity contribution in [1.29, 1.82) is 0 Å². The van der Waals surface area contributed by atoms with Gasteiger partial charge in [-0.25, -0.2) is 0 Å². The van der Waals surface area contributed by atoms with E-state index >= 15 is 0 Å². The number of esters is 3. The highest BCUT2D eigenvalue weighted by atomic mass is 16.6. The summed E-state index contributed by atoms with van der Waals surface area (Å²) in [5, 5.41) is 0. The van der Waals surface area contributed by atoms with Crippen LogP contribution in [-0.4, -0.2) is 37.2 Å². The minimum absolute atomic E-state index is 0.0855. The molecule has 0 aromatic rings. The molecule has 0 amide bonds. The number of hydrogen-bond donors (Lipinski definition) is 0. The molecule has 0 aromatic heterocycles. The number of carbonyl (C=O) groups is 3. The molecule has 0 N–H and O–H groups in total. The summed E-state index contributed by atoms with van der Waals surface area (Å²) in [6.07, 6.45) is 58.2. The molecular weight excluding hydrogens is 745 g/mol. The Morgan fingerprint density at radius 1 is 0.350 bits per heavy atom. The summed E-state index contributed by atoms with van der Waals surface area (Å²) in [4.78, 5) is 37.9. The fraction of sp³-hybridized carbons (Fsp3) is 0.796. The van der Waals surface area contributed by atoms with Crippen LogP contribution in [0.4, 0.5) is 0 Å². The van der Waals surface area contributed by atoms with Gasteiger partial charge in [0.2, 0.25) is 0 Å². The second kappa shape index (κ2) is 49.0. The van der Waals surface area contributed by atoms with Gasteiger partial charge in [0.25, 0.3) is 0 Å². The Bertz CT molecular complexity index is 1060. The van der Waals surface area contributed by atoms with Crippen LogP contribution in [0.25, 0.3) is 0 Å². The first-order valence-electron chi connectivity index (χ1n) is 25.6. The molecule has 0 spiro atoms. The molecule has 0 bridgehead atoms. The lowest BCUT2D eigenvalue weighted by atomic mass is 10.0. The quantitative estimate of drug-likeness (QED) is 0.0263. The molecule has 0 fully saturated rings. The fourth-order valence-electron chi connectivity index (χ4n) is 7.22. The van der Waals surface area contributed by atoms with E-state index in [0.29, 0.717) is 19.3 Å². The summed E-state index contributed by atoms with van der Waals surface area (Å²) in [6, 6.07) is 0. The van der Waals surface area contributed by atoms with Crippen LogP contribution >= 0.6 is 0 Å². The molecule has 0 rings (SSSR count). The number of ether oxygens (including phenoxy) is 3. The zero-order valence-electron chi connectivity index (χ0n) is 39.7. The maximum atomic E-state index is 12.8. The lowest BCUT2D eigenvalue weighted by molar-refractivity contribution is -0.167. The monoisotopic (exact) mass is 841 g/mol. The summed E-state index contributed by atoms with van der Waals surface area (Å²) < 4.78 is 16.7. The standard InChI is InChI=1S/C54H96O6/c1-4-7-10-13-16-19-21-23-25-27-29-30-32-35-38-41-44-47-53(56)59-50-51(49-58-52(55)46-43-40-37-34-18-15-12-9-6-3)60-54(57)48-45-42-39-36-33-31-28-26-24-22-20-17-14-11-8-5-2/h9,12,16,18-19,23,25,34,51H,4-8,10-11,13-15,17,20-22,24,26-33,35-50H2,1-3H3/b12-9-,19-16-,25-23-,34-18-. The molecule has 0 aliphatic carbocycles. The number of hydrogen-bond acceptors (Lipinski definition) is 6. The highest BCUT2D eigenvalue weighted by Gasteiger charge is 2.19. The van der Waals surface area contributed by atoms with Gasteiger partial charge in [0.15, 0.2) is 6.10 Å². The normalized spacial score (nSPS) is 12.4. The van der Waals surface area contributed by atoms with Crippen LogP contribution in [0.5, 0.6) is 0 Å². The SMILES string of the molecule is CC/C=C\C/C=C\CCCCC(=O)OCC(COC(=O)CCCCCCCCC/C=C\C/C=C\CCCCC)OC(=O)CCCCCCCCCCCCCCCCCC. The van der Waals surface area contributed by atoms with Gasteiger partial charge in [0.1, 0.15) is 13.2 Å².